The SMILES string of the molecule is COc1ccc(N2CC[NH+]([C@H](CC(C)C)c3nnnn3C3CCCC3)CC2)cc1. The summed E-state index contributed by atoms with van der Waals surface area (Å²) in [5.74, 6) is 2.65. The van der Waals surface area contributed by atoms with Crippen molar-refractivity contribution in [2.45, 2.75) is 58.0 Å². The summed E-state index contributed by atoms with van der Waals surface area (Å²) in [5, 5.41) is 13.1. The van der Waals surface area contributed by atoms with Gasteiger partial charge in [0.1, 0.15) is 11.8 Å². The average molecular weight is 400 g/mol. The van der Waals surface area contributed by atoms with Crippen LogP contribution in [0.5, 0.6) is 5.75 Å². The molecule has 0 unspecified atom stereocenters. The third kappa shape index (κ3) is 4.55. The van der Waals surface area contributed by atoms with Crippen molar-refractivity contribution in [3.05, 3.63) is 30.1 Å². The van der Waals surface area contributed by atoms with Gasteiger partial charge in [-0.25, -0.2) is 4.68 Å². The highest BCUT2D eigenvalue weighted by Gasteiger charge is 2.35. The number of nitrogens with zero attached hydrogens (tertiary/aromatic N) is 5. The Kier molecular flexibility index (Phi) is 6.33. The molecule has 0 radical (unpaired) electrons. The minimum Gasteiger partial charge on any atom is -0.497 e. The zero-order chi connectivity index (χ0) is 20.2. The molecule has 158 valence electrons. The third-order valence-electron chi connectivity index (χ3n) is 6.54. The van der Waals surface area contributed by atoms with Crippen molar-refractivity contribution >= 4 is 5.69 Å². The molecule has 29 heavy (non-hydrogen) atoms. The van der Waals surface area contributed by atoms with Crippen molar-refractivity contribution in [2.24, 2.45) is 5.92 Å². The number of hydrogen-bond acceptors (Lipinski definition) is 5. The predicted molar refractivity (Wildman–Crippen MR) is 113 cm³/mol. The fourth-order valence-electron chi connectivity index (χ4n) is 4.96. The lowest BCUT2D eigenvalue weighted by Crippen LogP contribution is -3.15. The molecule has 1 aliphatic carbocycles. The Labute approximate surface area is 174 Å². The van der Waals surface area contributed by atoms with Crippen molar-refractivity contribution in [3.8, 4) is 5.75 Å². The van der Waals surface area contributed by atoms with E-state index in [4.69, 9.17) is 4.74 Å². The first-order valence-corrected chi connectivity index (χ1v) is 11.2. The monoisotopic (exact) mass is 399 g/mol. The number of anilines is 1. The molecule has 1 N–H and O–H groups in total. The molecular formula is C22H35N6O+. The van der Waals surface area contributed by atoms with Crippen LogP contribution in [0.4, 0.5) is 5.69 Å². The van der Waals surface area contributed by atoms with Crippen LogP contribution in [0.2, 0.25) is 0 Å². The first kappa shape index (κ1) is 20.1. The molecule has 1 atom stereocenters. The molecule has 1 aromatic carbocycles. The smallest absolute Gasteiger partial charge is 0.209 e. The molecule has 2 fully saturated rings. The summed E-state index contributed by atoms with van der Waals surface area (Å²) in [6, 6.07) is 9.29. The van der Waals surface area contributed by atoms with Crippen LogP contribution in [0.15, 0.2) is 24.3 Å². The standard InChI is InChI=1S/C22H34N6O/c1-17(2)16-21(22-23-24-25-28(22)19-6-4-5-7-19)27-14-12-26(13-15-27)18-8-10-20(29-3)11-9-18/h8-11,17,19,21H,4-7,12-16H2,1-3H3/p+1/t21-/m1/s1. The molecule has 1 aromatic heterocycles. The van der Waals surface area contributed by atoms with Crippen molar-refractivity contribution in [1.82, 2.24) is 20.2 Å². The number of rotatable bonds is 7. The van der Waals surface area contributed by atoms with Gasteiger partial charge in [0, 0.05) is 12.1 Å². The second-order valence-corrected chi connectivity index (χ2v) is 8.95. The highest BCUT2D eigenvalue weighted by atomic mass is 16.5. The lowest BCUT2D eigenvalue weighted by Gasteiger charge is -2.37. The van der Waals surface area contributed by atoms with Crippen molar-refractivity contribution in [1.29, 1.82) is 0 Å². The molecule has 2 aliphatic rings. The van der Waals surface area contributed by atoms with E-state index >= 15 is 0 Å². The number of hydrogen-bond donors (Lipinski definition) is 1. The van der Waals surface area contributed by atoms with E-state index in [-0.39, 0.29) is 0 Å². The Morgan fingerprint density at radius 1 is 1.10 bits per heavy atom. The van der Waals surface area contributed by atoms with Gasteiger partial charge in [-0.3, -0.25) is 0 Å². The molecule has 2 heterocycles. The van der Waals surface area contributed by atoms with Crippen LogP contribution in [0, 0.1) is 5.92 Å². The fraction of sp³-hybridized carbons (Fsp3) is 0.682. The summed E-state index contributed by atoms with van der Waals surface area (Å²) >= 11 is 0. The van der Waals surface area contributed by atoms with Crippen LogP contribution in [0.25, 0.3) is 0 Å². The molecule has 0 bridgehead atoms. The number of ether oxygens (including phenoxy) is 1. The minimum absolute atomic E-state index is 0.378. The van der Waals surface area contributed by atoms with Crippen molar-refractivity contribution in [3.63, 3.8) is 0 Å². The van der Waals surface area contributed by atoms with Gasteiger partial charge in [-0.1, -0.05) is 26.7 Å². The van der Waals surface area contributed by atoms with Gasteiger partial charge in [0.25, 0.3) is 0 Å². The maximum Gasteiger partial charge on any atom is 0.209 e. The molecule has 4 rings (SSSR count). The van der Waals surface area contributed by atoms with Crippen LogP contribution in [0.3, 0.4) is 0 Å². The van der Waals surface area contributed by atoms with Gasteiger partial charge >= 0.3 is 0 Å². The van der Waals surface area contributed by atoms with Gasteiger partial charge in [-0.15, -0.1) is 5.10 Å². The first-order valence-electron chi connectivity index (χ1n) is 11.2. The van der Waals surface area contributed by atoms with E-state index in [1.165, 1.54) is 31.4 Å². The molecule has 1 saturated heterocycles. The second kappa shape index (κ2) is 9.11. The van der Waals surface area contributed by atoms with Gasteiger partial charge in [0.15, 0.2) is 0 Å². The number of piperazine rings is 1. The third-order valence-corrected chi connectivity index (χ3v) is 6.54. The largest absolute Gasteiger partial charge is 0.497 e. The maximum atomic E-state index is 5.29. The fourth-order valence-corrected chi connectivity index (χ4v) is 4.96. The van der Waals surface area contributed by atoms with E-state index in [1.807, 2.05) is 12.1 Å². The molecule has 1 saturated carbocycles. The molecule has 1 aliphatic heterocycles. The lowest BCUT2D eigenvalue weighted by molar-refractivity contribution is -0.934. The molecule has 7 nitrogen and oxygen atoms in total. The second-order valence-electron chi connectivity index (χ2n) is 8.95. The van der Waals surface area contributed by atoms with E-state index in [0.29, 0.717) is 18.0 Å². The summed E-state index contributed by atoms with van der Waals surface area (Å²) in [6.07, 6.45) is 6.16. The number of aromatic nitrogens is 4. The van der Waals surface area contributed by atoms with E-state index < -0.39 is 0 Å². The van der Waals surface area contributed by atoms with Crippen LogP contribution >= 0.6 is 0 Å². The molecular weight excluding hydrogens is 364 g/mol. The maximum absolute atomic E-state index is 5.29. The summed E-state index contributed by atoms with van der Waals surface area (Å²) < 4.78 is 7.46. The van der Waals surface area contributed by atoms with Crippen molar-refractivity contribution in [2.75, 3.05) is 38.2 Å². The molecule has 0 spiro atoms. The predicted octanol–water partition coefficient (Wildman–Crippen LogP) is 2.29. The van der Waals surface area contributed by atoms with Gasteiger partial charge in [0.05, 0.1) is 39.3 Å². The van der Waals surface area contributed by atoms with Crippen molar-refractivity contribution < 1.29 is 9.64 Å². The summed E-state index contributed by atoms with van der Waals surface area (Å²) in [5.41, 5.74) is 1.28. The van der Waals surface area contributed by atoms with E-state index in [0.717, 1.165) is 44.2 Å². The zero-order valence-electron chi connectivity index (χ0n) is 18.0. The highest BCUT2D eigenvalue weighted by Crippen LogP contribution is 2.31. The Balaban J connectivity index is 1.47. The number of nitrogens with one attached hydrogen (secondary N) is 1. The first-order chi connectivity index (χ1) is 14.2. The average Bonchev–Trinajstić information content (AvgIpc) is 3.44. The quantitative estimate of drug-likeness (QED) is 0.774. The number of tetrazole rings is 1. The summed E-state index contributed by atoms with van der Waals surface area (Å²) in [6.45, 7) is 8.96. The number of methoxy groups -OCH3 is 1. The van der Waals surface area contributed by atoms with Gasteiger partial charge in [-0.05, 0) is 53.5 Å². The van der Waals surface area contributed by atoms with Crippen LogP contribution < -0.4 is 14.5 Å². The summed E-state index contributed by atoms with van der Waals surface area (Å²) in [4.78, 5) is 4.10. The Bertz CT molecular complexity index is 760. The Morgan fingerprint density at radius 3 is 2.41 bits per heavy atom. The van der Waals surface area contributed by atoms with E-state index in [1.54, 1.807) is 12.0 Å². The number of quaternary nitrogens is 1. The normalized spacial score (nSPS) is 19.8. The molecule has 0 amide bonds. The van der Waals surface area contributed by atoms with Crippen LogP contribution in [-0.2, 0) is 0 Å². The van der Waals surface area contributed by atoms with Gasteiger partial charge < -0.3 is 14.5 Å². The zero-order valence-corrected chi connectivity index (χ0v) is 18.0. The lowest BCUT2D eigenvalue weighted by atomic mass is 10.0. The summed E-state index contributed by atoms with van der Waals surface area (Å²) in [7, 11) is 1.71. The van der Waals surface area contributed by atoms with Gasteiger partial charge in [-0.2, -0.15) is 0 Å². The highest BCUT2D eigenvalue weighted by molar-refractivity contribution is 5.49. The van der Waals surface area contributed by atoms with Gasteiger partial charge in [0.2, 0.25) is 5.82 Å². The minimum atomic E-state index is 0.378. The molecule has 2 aromatic rings. The topological polar surface area (TPSA) is 60.5 Å². The van der Waals surface area contributed by atoms with Crippen LogP contribution in [0.1, 0.15) is 63.9 Å². The number of benzene rings is 1. The van der Waals surface area contributed by atoms with E-state index in [2.05, 4.69) is 51.1 Å². The Hall–Kier alpha value is -2.15. The van der Waals surface area contributed by atoms with E-state index in [9.17, 15) is 0 Å². The molecule has 7 heteroatoms. The van der Waals surface area contributed by atoms with Crippen LogP contribution in [-0.4, -0.2) is 53.5 Å². The Morgan fingerprint density at radius 2 is 1.79 bits per heavy atom.